The fraction of sp³-hybridized carbons (Fsp3) is 0.625. The van der Waals surface area contributed by atoms with Gasteiger partial charge in [-0.05, 0) is 19.0 Å². The van der Waals surface area contributed by atoms with Gasteiger partial charge in [-0.25, -0.2) is 9.44 Å². The van der Waals surface area contributed by atoms with Gasteiger partial charge in [0.25, 0.3) is 10.2 Å². The molecule has 0 radical (unpaired) electrons. The molecule has 23 heavy (non-hydrogen) atoms. The maximum atomic E-state index is 12.0. The van der Waals surface area contributed by atoms with E-state index >= 15 is 0 Å². The van der Waals surface area contributed by atoms with Crippen LogP contribution in [0.2, 0.25) is 0 Å². The zero-order valence-electron chi connectivity index (χ0n) is 14.0. The first-order chi connectivity index (χ1) is 11.0. The summed E-state index contributed by atoms with van der Waals surface area (Å²) in [6.07, 6.45) is 0.779. The third-order valence-electron chi connectivity index (χ3n) is 4.17. The molecule has 1 fully saturated rings. The van der Waals surface area contributed by atoms with Crippen LogP contribution in [0.5, 0.6) is 0 Å². The molecule has 1 aliphatic heterocycles. The van der Waals surface area contributed by atoms with Crippen molar-refractivity contribution in [1.82, 2.24) is 19.2 Å². The molecule has 0 bridgehead atoms. The van der Waals surface area contributed by atoms with E-state index in [0.29, 0.717) is 13.1 Å². The van der Waals surface area contributed by atoms with Crippen molar-refractivity contribution >= 4 is 10.2 Å². The number of hydrogen-bond acceptors (Lipinski definition) is 4. The number of nitrogens with zero attached hydrogens (tertiary/aromatic N) is 2. The Hall–Kier alpha value is -0.990. The highest BCUT2D eigenvalue weighted by Gasteiger charge is 2.25. The monoisotopic (exact) mass is 340 g/mol. The van der Waals surface area contributed by atoms with Gasteiger partial charge in [0, 0.05) is 45.3 Å². The predicted molar refractivity (Wildman–Crippen MR) is 93.5 cm³/mol. The molecule has 6 nitrogen and oxygen atoms in total. The minimum Gasteiger partial charge on any atom is -0.304 e. The van der Waals surface area contributed by atoms with E-state index in [2.05, 4.69) is 38.4 Å². The van der Waals surface area contributed by atoms with Gasteiger partial charge in [0.15, 0.2) is 0 Å². The van der Waals surface area contributed by atoms with Crippen LogP contribution in [0.1, 0.15) is 24.9 Å². The zero-order chi connectivity index (χ0) is 16.7. The summed E-state index contributed by atoms with van der Waals surface area (Å²) in [6, 6.07) is 10.2. The highest BCUT2D eigenvalue weighted by molar-refractivity contribution is 7.87. The molecule has 1 aromatic carbocycles. The molecule has 1 heterocycles. The highest BCUT2D eigenvalue weighted by Crippen LogP contribution is 2.21. The maximum Gasteiger partial charge on any atom is 0.276 e. The second-order valence-electron chi connectivity index (χ2n) is 6.01. The van der Waals surface area contributed by atoms with Crippen molar-refractivity contribution in [3.63, 3.8) is 0 Å². The third kappa shape index (κ3) is 5.86. The van der Waals surface area contributed by atoms with Gasteiger partial charge in [-0.15, -0.1) is 0 Å². The van der Waals surface area contributed by atoms with Gasteiger partial charge in [0.05, 0.1) is 0 Å². The van der Waals surface area contributed by atoms with Crippen molar-refractivity contribution in [1.29, 1.82) is 0 Å². The standard InChI is InChI=1S/C16H28N4O2S/c1-3-9-17-23(21,22)18-14-16(15-7-5-4-6-8-15)20-12-10-19(2)11-13-20/h4-8,16-18H,3,9-14H2,1-2H3. The van der Waals surface area contributed by atoms with E-state index in [-0.39, 0.29) is 6.04 Å². The lowest BCUT2D eigenvalue weighted by molar-refractivity contribution is 0.113. The molecule has 0 saturated carbocycles. The average Bonchev–Trinajstić information content (AvgIpc) is 2.56. The fourth-order valence-corrected chi connectivity index (χ4v) is 3.69. The Labute approximate surface area is 140 Å². The second-order valence-corrected chi connectivity index (χ2v) is 7.60. The summed E-state index contributed by atoms with van der Waals surface area (Å²) in [4.78, 5) is 4.66. The molecule has 1 unspecified atom stereocenters. The van der Waals surface area contributed by atoms with Crippen molar-refractivity contribution in [2.45, 2.75) is 19.4 Å². The van der Waals surface area contributed by atoms with Gasteiger partial charge in [-0.1, -0.05) is 37.3 Å². The first-order valence-electron chi connectivity index (χ1n) is 8.23. The number of rotatable bonds is 8. The highest BCUT2D eigenvalue weighted by atomic mass is 32.2. The largest absolute Gasteiger partial charge is 0.304 e. The quantitative estimate of drug-likeness (QED) is 0.735. The number of piperazine rings is 1. The molecule has 1 atom stereocenters. The fourth-order valence-electron chi connectivity index (χ4n) is 2.74. The van der Waals surface area contributed by atoms with Crippen LogP contribution in [0, 0.1) is 0 Å². The molecule has 0 spiro atoms. The van der Waals surface area contributed by atoms with Gasteiger partial charge >= 0.3 is 0 Å². The first-order valence-corrected chi connectivity index (χ1v) is 9.72. The Bertz CT molecular complexity index is 557. The molecule has 130 valence electrons. The van der Waals surface area contributed by atoms with Crippen molar-refractivity contribution in [2.24, 2.45) is 0 Å². The number of hydrogen-bond donors (Lipinski definition) is 2. The van der Waals surface area contributed by atoms with Crippen LogP contribution >= 0.6 is 0 Å². The zero-order valence-corrected chi connectivity index (χ0v) is 14.8. The Morgan fingerprint density at radius 2 is 1.74 bits per heavy atom. The van der Waals surface area contributed by atoms with Crippen LogP contribution in [0.4, 0.5) is 0 Å². The molecule has 2 rings (SSSR count). The van der Waals surface area contributed by atoms with Crippen LogP contribution in [-0.4, -0.2) is 64.5 Å². The molecule has 0 aromatic heterocycles. The molecule has 1 aromatic rings. The lowest BCUT2D eigenvalue weighted by Crippen LogP contribution is -2.49. The number of nitrogens with one attached hydrogen (secondary N) is 2. The maximum absolute atomic E-state index is 12.0. The second kappa shape index (κ2) is 8.75. The van der Waals surface area contributed by atoms with Crippen molar-refractivity contribution in [3.8, 4) is 0 Å². The van der Waals surface area contributed by atoms with Gasteiger partial charge in [-0.2, -0.15) is 8.42 Å². The first kappa shape index (κ1) is 18.4. The molecule has 1 aliphatic rings. The molecular formula is C16H28N4O2S. The summed E-state index contributed by atoms with van der Waals surface area (Å²) in [6.45, 7) is 6.68. The van der Waals surface area contributed by atoms with E-state index in [4.69, 9.17) is 0 Å². The van der Waals surface area contributed by atoms with E-state index in [1.807, 2.05) is 25.1 Å². The smallest absolute Gasteiger partial charge is 0.276 e. The summed E-state index contributed by atoms with van der Waals surface area (Å²) in [5, 5.41) is 0. The molecule has 1 saturated heterocycles. The molecule has 7 heteroatoms. The van der Waals surface area contributed by atoms with E-state index in [1.54, 1.807) is 0 Å². The summed E-state index contributed by atoms with van der Waals surface area (Å²) in [5.41, 5.74) is 1.15. The normalized spacial score (nSPS) is 18.9. The minimum atomic E-state index is -3.43. The minimum absolute atomic E-state index is 0.0584. The predicted octanol–water partition coefficient (Wildman–Crippen LogP) is 0.809. The third-order valence-corrected chi connectivity index (χ3v) is 5.30. The van der Waals surface area contributed by atoms with Crippen molar-refractivity contribution < 1.29 is 8.42 Å². The lowest BCUT2D eigenvalue weighted by atomic mass is 10.0. The topological polar surface area (TPSA) is 64.7 Å². The van der Waals surface area contributed by atoms with Crippen LogP contribution in [-0.2, 0) is 10.2 Å². The van der Waals surface area contributed by atoms with E-state index in [0.717, 1.165) is 38.2 Å². The molecule has 2 N–H and O–H groups in total. The van der Waals surface area contributed by atoms with Gasteiger partial charge in [0.2, 0.25) is 0 Å². The van der Waals surface area contributed by atoms with Crippen molar-refractivity contribution in [2.75, 3.05) is 46.3 Å². The van der Waals surface area contributed by atoms with Gasteiger partial charge in [-0.3, -0.25) is 4.90 Å². The van der Waals surface area contributed by atoms with E-state index in [9.17, 15) is 8.42 Å². The van der Waals surface area contributed by atoms with Crippen LogP contribution in [0.25, 0.3) is 0 Å². The molecule has 0 aliphatic carbocycles. The van der Waals surface area contributed by atoms with Crippen molar-refractivity contribution in [3.05, 3.63) is 35.9 Å². The summed E-state index contributed by atoms with van der Waals surface area (Å²) >= 11 is 0. The molecular weight excluding hydrogens is 312 g/mol. The van der Waals surface area contributed by atoms with Crippen LogP contribution in [0.15, 0.2) is 30.3 Å². The summed E-state index contributed by atoms with van der Waals surface area (Å²) in [5.74, 6) is 0. The SMILES string of the molecule is CCCNS(=O)(=O)NCC(c1ccccc1)N1CCN(C)CC1. The Kier molecular flexibility index (Phi) is 6.98. The average molecular weight is 340 g/mol. The van der Waals surface area contributed by atoms with E-state index < -0.39 is 10.2 Å². The Morgan fingerprint density at radius 3 is 2.35 bits per heavy atom. The number of likely N-dealkylation sites (N-methyl/N-ethyl adjacent to an activating group) is 1. The van der Waals surface area contributed by atoms with Crippen LogP contribution < -0.4 is 9.44 Å². The van der Waals surface area contributed by atoms with Gasteiger partial charge in [0.1, 0.15) is 0 Å². The Balaban J connectivity index is 2.05. The van der Waals surface area contributed by atoms with E-state index in [1.165, 1.54) is 0 Å². The molecule has 0 amide bonds. The summed E-state index contributed by atoms with van der Waals surface area (Å²) in [7, 11) is -1.32. The lowest BCUT2D eigenvalue weighted by Gasteiger charge is -2.38. The Morgan fingerprint density at radius 1 is 1.09 bits per heavy atom. The van der Waals surface area contributed by atoms with Gasteiger partial charge < -0.3 is 4.90 Å². The number of benzene rings is 1. The van der Waals surface area contributed by atoms with Crippen LogP contribution in [0.3, 0.4) is 0 Å². The summed E-state index contributed by atoms with van der Waals surface area (Å²) < 4.78 is 29.3.